The van der Waals surface area contributed by atoms with Gasteiger partial charge in [-0.05, 0) is 25.8 Å². The van der Waals surface area contributed by atoms with Gasteiger partial charge in [0.05, 0.1) is 0 Å². The van der Waals surface area contributed by atoms with Gasteiger partial charge in [-0.2, -0.15) is 0 Å². The normalized spacial score (nSPS) is 13.4. The minimum atomic E-state index is -4.43. The summed E-state index contributed by atoms with van der Waals surface area (Å²) in [6, 6.07) is 0. The molecular weight excluding hydrogens is 218 g/mol. The van der Waals surface area contributed by atoms with Crippen LogP contribution in [0.25, 0.3) is 0 Å². The Morgan fingerprint density at radius 3 is 2.36 bits per heavy atom. The fourth-order valence-corrected chi connectivity index (χ4v) is 1.35. The zero-order valence-corrected chi connectivity index (χ0v) is 11.3. The molecule has 0 aromatic carbocycles. The van der Waals surface area contributed by atoms with Gasteiger partial charge in [0, 0.05) is 0 Å². The van der Waals surface area contributed by atoms with E-state index < -0.39 is 14.1 Å². The van der Waals surface area contributed by atoms with Crippen molar-refractivity contribution in [3.05, 3.63) is 0 Å². The molecule has 0 rings (SSSR count). The number of phosphoric acid groups is 1. The average Bonchev–Trinajstić information content (AvgIpc) is 1.94. The Morgan fingerprint density at radius 1 is 1.36 bits per heavy atom. The Bertz CT molecular complexity index is 183. The number of hydrogen-bond donors (Lipinski definition) is 4. The smallest absolute Gasteiger partial charge is 1.00 e. The standard InChI is InChI=1S/C6H17N2O4P.Na.H/c7-5-3-1-2-4-6(8)12-13(9,10)11;;/h6H,1-5,7-8H2,(H2,9,10,11);;/q;+1;-1. The van der Waals surface area contributed by atoms with Crippen molar-refractivity contribution in [2.75, 3.05) is 6.54 Å². The molecular formula is C6H18N2NaO4P. The van der Waals surface area contributed by atoms with E-state index in [1.165, 1.54) is 0 Å². The van der Waals surface area contributed by atoms with Crippen LogP contribution in [0.3, 0.4) is 0 Å². The van der Waals surface area contributed by atoms with Crippen LogP contribution < -0.4 is 41.0 Å². The maximum Gasteiger partial charge on any atom is 1.00 e. The molecule has 82 valence electrons. The predicted octanol–water partition coefficient (Wildman–Crippen LogP) is -2.98. The summed E-state index contributed by atoms with van der Waals surface area (Å²) in [7, 11) is -4.43. The molecule has 0 aliphatic rings. The van der Waals surface area contributed by atoms with Crippen LogP contribution in [0.4, 0.5) is 0 Å². The second kappa shape index (κ2) is 9.27. The van der Waals surface area contributed by atoms with Crippen LogP contribution in [0.15, 0.2) is 0 Å². The van der Waals surface area contributed by atoms with Crippen molar-refractivity contribution in [1.29, 1.82) is 0 Å². The number of rotatable bonds is 7. The molecule has 0 radical (unpaired) electrons. The van der Waals surface area contributed by atoms with E-state index in [9.17, 15) is 4.57 Å². The Kier molecular flexibility index (Phi) is 11.5. The molecule has 0 aliphatic heterocycles. The van der Waals surface area contributed by atoms with Crippen molar-refractivity contribution < 1.29 is 49.9 Å². The summed E-state index contributed by atoms with van der Waals surface area (Å²) in [5, 5.41) is 0. The molecule has 0 aromatic rings. The Labute approximate surface area is 107 Å². The molecule has 14 heavy (non-hydrogen) atoms. The van der Waals surface area contributed by atoms with E-state index in [2.05, 4.69) is 4.52 Å². The van der Waals surface area contributed by atoms with Crippen LogP contribution >= 0.6 is 7.82 Å². The fraction of sp³-hybridized carbons (Fsp3) is 1.00. The van der Waals surface area contributed by atoms with Gasteiger partial charge in [-0.1, -0.05) is 6.42 Å². The summed E-state index contributed by atoms with van der Waals surface area (Å²) < 4.78 is 14.5. The molecule has 1 atom stereocenters. The number of unbranched alkanes of at least 4 members (excludes halogenated alkanes) is 2. The molecule has 0 bridgehead atoms. The summed E-state index contributed by atoms with van der Waals surface area (Å²) in [5.74, 6) is 0. The summed E-state index contributed by atoms with van der Waals surface area (Å²) in [6.45, 7) is 0.620. The minimum Gasteiger partial charge on any atom is -1.00 e. The molecule has 0 aromatic heterocycles. The maximum absolute atomic E-state index is 10.3. The zero-order valence-electron chi connectivity index (χ0n) is 9.43. The third-order valence-electron chi connectivity index (χ3n) is 1.47. The molecule has 0 amide bonds. The predicted molar refractivity (Wildman–Crippen MR) is 49.7 cm³/mol. The van der Waals surface area contributed by atoms with Crippen LogP contribution in [-0.2, 0) is 9.09 Å². The van der Waals surface area contributed by atoms with Gasteiger partial charge < -0.3 is 22.7 Å². The molecule has 6 nitrogen and oxygen atoms in total. The zero-order chi connectivity index (χ0) is 10.3. The van der Waals surface area contributed by atoms with E-state index in [1.54, 1.807) is 0 Å². The molecule has 8 heteroatoms. The van der Waals surface area contributed by atoms with Gasteiger partial charge in [0.1, 0.15) is 6.23 Å². The van der Waals surface area contributed by atoms with Gasteiger partial charge in [0.25, 0.3) is 0 Å². The third kappa shape index (κ3) is 13.0. The van der Waals surface area contributed by atoms with Crippen molar-refractivity contribution >= 4 is 7.82 Å². The second-order valence-electron chi connectivity index (χ2n) is 2.77. The van der Waals surface area contributed by atoms with E-state index in [0.29, 0.717) is 13.0 Å². The minimum absolute atomic E-state index is 0. The van der Waals surface area contributed by atoms with Crippen molar-refractivity contribution in [3.63, 3.8) is 0 Å². The summed E-state index contributed by atoms with van der Waals surface area (Å²) in [5.41, 5.74) is 10.6. The van der Waals surface area contributed by atoms with Crippen molar-refractivity contribution in [2.24, 2.45) is 11.5 Å². The van der Waals surface area contributed by atoms with Crippen molar-refractivity contribution in [2.45, 2.75) is 31.9 Å². The van der Waals surface area contributed by atoms with Gasteiger partial charge in [-0.25, -0.2) is 4.57 Å². The number of phosphoric ester groups is 1. The van der Waals surface area contributed by atoms with Gasteiger partial charge >= 0.3 is 37.4 Å². The molecule has 0 aliphatic carbocycles. The molecule has 0 saturated carbocycles. The molecule has 6 N–H and O–H groups in total. The van der Waals surface area contributed by atoms with E-state index >= 15 is 0 Å². The maximum atomic E-state index is 10.3. The first-order chi connectivity index (χ1) is 5.95. The molecule has 1 unspecified atom stereocenters. The molecule has 0 fully saturated rings. The van der Waals surface area contributed by atoms with Gasteiger partial charge in [0.2, 0.25) is 0 Å². The SMILES string of the molecule is NCCCCCC(N)OP(=O)(O)O.[H-].[Na+]. The van der Waals surface area contributed by atoms with Crippen molar-refractivity contribution in [1.82, 2.24) is 0 Å². The van der Waals surface area contributed by atoms with E-state index in [1.807, 2.05) is 0 Å². The van der Waals surface area contributed by atoms with Crippen LogP contribution in [-0.4, -0.2) is 22.6 Å². The fourth-order valence-electron chi connectivity index (χ4n) is 0.896. The van der Waals surface area contributed by atoms with Gasteiger partial charge in [-0.3, -0.25) is 4.52 Å². The van der Waals surface area contributed by atoms with Gasteiger partial charge in [0.15, 0.2) is 0 Å². The quantitative estimate of drug-likeness (QED) is 0.162. The van der Waals surface area contributed by atoms with Crippen LogP contribution in [0, 0.1) is 0 Å². The number of nitrogens with two attached hydrogens (primary N) is 2. The molecule has 0 spiro atoms. The van der Waals surface area contributed by atoms with Crippen LogP contribution in [0.5, 0.6) is 0 Å². The monoisotopic (exact) mass is 236 g/mol. The molecule has 0 heterocycles. The van der Waals surface area contributed by atoms with E-state index in [4.69, 9.17) is 21.3 Å². The largest absolute Gasteiger partial charge is 1.00 e. The van der Waals surface area contributed by atoms with E-state index in [-0.39, 0.29) is 31.0 Å². The second-order valence-corrected chi connectivity index (χ2v) is 3.96. The first-order valence-corrected chi connectivity index (χ1v) is 5.68. The Morgan fingerprint density at radius 2 is 1.93 bits per heavy atom. The van der Waals surface area contributed by atoms with E-state index in [0.717, 1.165) is 19.3 Å². The molecule has 0 saturated heterocycles. The first-order valence-electron chi connectivity index (χ1n) is 4.15. The summed E-state index contributed by atoms with van der Waals surface area (Å²) in [4.78, 5) is 16.8. The summed E-state index contributed by atoms with van der Waals surface area (Å²) in [6.07, 6.45) is 2.10. The summed E-state index contributed by atoms with van der Waals surface area (Å²) >= 11 is 0. The number of hydrogen-bond acceptors (Lipinski definition) is 4. The Hall–Kier alpha value is 1.03. The van der Waals surface area contributed by atoms with Crippen LogP contribution in [0.1, 0.15) is 27.1 Å². The average molecular weight is 236 g/mol. The van der Waals surface area contributed by atoms with Crippen molar-refractivity contribution in [3.8, 4) is 0 Å². The topological polar surface area (TPSA) is 119 Å². The van der Waals surface area contributed by atoms with Gasteiger partial charge in [-0.15, -0.1) is 0 Å². The first kappa shape index (κ1) is 17.4. The van der Waals surface area contributed by atoms with Crippen LogP contribution in [0.2, 0.25) is 0 Å². The third-order valence-corrected chi connectivity index (χ3v) is 2.01. The Balaban J connectivity index is -0.000000720.